The first kappa shape index (κ1) is 11.5. The van der Waals surface area contributed by atoms with Crippen LogP contribution in [0.3, 0.4) is 0 Å². The second-order valence-corrected chi connectivity index (χ2v) is 5.95. The highest BCUT2D eigenvalue weighted by molar-refractivity contribution is 8.01. The van der Waals surface area contributed by atoms with Gasteiger partial charge in [-0.05, 0) is 44.7 Å². The van der Waals surface area contributed by atoms with Gasteiger partial charge in [0.15, 0.2) is 0 Å². The molecule has 0 aromatic heterocycles. The average Bonchev–Trinajstić information content (AvgIpc) is 2.13. The molecular formula is C13H16O2S. The lowest BCUT2D eigenvalue weighted by Crippen LogP contribution is -2.41. The summed E-state index contributed by atoms with van der Waals surface area (Å²) in [7, 11) is 0. The Bertz CT molecular complexity index is 422. The Morgan fingerprint density at radius 3 is 2.50 bits per heavy atom. The van der Waals surface area contributed by atoms with Crippen LogP contribution in [0.15, 0.2) is 23.1 Å². The fraction of sp³-hybridized carbons (Fsp3) is 0.462. The average molecular weight is 236 g/mol. The SMILES string of the molecule is Cc1ccc(SC2(C(=O)O)CCC2)c(C)c1. The predicted octanol–water partition coefficient (Wildman–Crippen LogP) is 3.40. The van der Waals surface area contributed by atoms with E-state index >= 15 is 0 Å². The number of aryl methyl sites for hydroxylation is 2. The van der Waals surface area contributed by atoms with Crippen molar-refractivity contribution >= 4 is 17.7 Å². The fourth-order valence-electron chi connectivity index (χ4n) is 1.98. The molecule has 0 amide bonds. The maximum atomic E-state index is 11.3. The summed E-state index contributed by atoms with van der Waals surface area (Å²) >= 11 is 1.52. The van der Waals surface area contributed by atoms with E-state index in [4.69, 9.17) is 0 Å². The van der Waals surface area contributed by atoms with Crippen LogP contribution in [-0.4, -0.2) is 15.8 Å². The lowest BCUT2D eigenvalue weighted by atomic mass is 9.84. The maximum Gasteiger partial charge on any atom is 0.320 e. The summed E-state index contributed by atoms with van der Waals surface area (Å²) < 4.78 is -0.556. The van der Waals surface area contributed by atoms with Crippen molar-refractivity contribution < 1.29 is 9.90 Å². The van der Waals surface area contributed by atoms with Gasteiger partial charge in [-0.15, -0.1) is 11.8 Å². The number of hydrogen-bond acceptors (Lipinski definition) is 2. The first-order valence-electron chi connectivity index (χ1n) is 5.53. The molecule has 2 nitrogen and oxygen atoms in total. The van der Waals surface area contributed by atoms with Crippen LogP contribution in [0.1, 0.15) is 30.4 Å². The van der Waals surface area contributed by atoms with Gasteiger partial charge in [0.05, 0.1) is 0 Å². The summed E-state index contributed by atoms with van der Waals surface area (Å²) in [6, 6.07) is 6.19. The van der Waals surface area contributed by atoms with Crippen molar-refractivity contribution in [2.45, 2.75) is 42.8 Å². The van der Waals surface area contributed by atoms with E-state index in [1.54, 1.807) is 0 Å². The molecule has 3 heteroatoms. The molecule has 0 saturated heterocycles. The van der Waals surface area contributed by atoms with E-state index in [9.17, 15) is 9.90 Å². The largest absolute Gasteiger partial charge is 0.480 e. The van der Waals surface area contributed by atoms with Crippen LogP contribution in [0.5, 0.6) is 0 Å². The molecule has 1 aliphatic carbocycles. The molecular weight excluding hydrogens is 220 g/mol. The van der Waals surface area contributed by atoms with E-state index in [0.717, 1.165) is 24.2 Å². The molecule has 1 aromatic rings. The minimum absolute atomic E-state index is 0.556. The quantitative estimate of drug-likeness (QED) is 0.874. The Kier molecular flexibility index (Phi) is 2.98. The van der Waals surface area contributed by atoms with E-state index in [0.29, 0.717) is 0 Å². The van der Waals surface area contributed by atoms with E-state index in [1.165, 1.54) is 22.9 Å². The second kappa shape index (κ2) is 4.13. The van der Waals surface area contributed by atoms with Gasteiger partial charge in [-0.3, -0.25) is 4.79 Å². The van der Waals surface area contributed by atoms with Crippen molar-refractivity contribution in [3.63, 3.8) is 0 Å². The van der Waals surface area contributed by atoms with Crippen LogP contribution in [0.2, 0.25) is 0 Å². The van der Waals surface area contributed by atoms with Crippen LogP contribution in [0.4, 0.5) is 0 Å². The zero-order chi connectivity index (χ0) is 11.8. The van der Waals surface area contributed by atoms with Crippen molar-refractivity contribution in [1.82, 2.24) is 0 Å². The summed E-state index contributed by atoms with van der Waals surface area (Å²) in [6.07, 6.45) is 2.62. The summed E-state index contributed by atoms with van der Waals surface area (Å²) in [5.41, 5.74) is 2.40. The van der Waals surface area contributed by atoms with Crippen molar-refractivity contribution in [2.24, 2.45) is 0 Å². The van der Waals surface area contributed by atoms with Crippen molar-refractivity contribution in [3.8, 4) is 0 Å². The van der Waals surface area contributed by atoms with E-state index in [1.807, 2.05) is 19.1 Å². The van der Waals surface area contributed by atoms with Crippen molar-refractivity contribution in [3.05, 3.63) is 29.3 Å². The molecule has 0 aliphatic heterocycles. The third-order valence-electron chi connectivity index (χ3n) is 3.19. The molecule has 0 heterocycles. The third kappa shape index (κ3) is 1.96. The van der Waals surface area contributed by atoms with Gasteiger partial charge in [0.25, 0.3) is 0 Å². The number of benzene rings is 1. The van der Waals surface area contributed by atoms with Crippen LogP contribution < -0.4 is 0 Å². The number of rotatable bonds is 3. The van der Waals surface area contributed by atoms with Crippen LogP contribution in [0.25, 0.3) is 0 Å². The maximum absolute atomic E-state index is 11.3. The van der Waals surface area contributed by atoms with Crippen LogP contribution in [0, 0.1) is 13.8 Å². The van der Waals surface area contributed by atoms with Gasteiger partial charge in [-0.1, -0.05) is 17.7 Å². The number of aliphatic carboxylic acids is 1. The summed E-state index contributed by atoms with van der Waals surface area (Å²) in [5.74, 6) is -0.663. The van der Waals surface area contributed by atoms with E-state index in [2.05, 4.69) is 13.0 Å². The van der Waals surface area contributed by atoms with Gasteiger partial charge in [-0.25, -0.2) is 0 Å². The molecule has 0 spiro atoms. The second-order valence-electron chi connectivity index (χ2n) is 4.52. The zero-order valence-corrected chi connectivity index (χ0v) is 10.4. The predicted molar refractivity (Wildman–Crippen MR) is 66.0 cm³/mol. The minimum atomic E-state index is -0.663. The van der Waals surface area contributed by atoms with Crippen molar-refractivity contribution in [1.29, 1.82) is 0 Å². The standard InChI is InChI=1S/C13H16O2S/c1-9-4-5-11(10(2)8-9)16-13(12(14)15)6-3-7-13/h4-5,8H,3,6-7H2,1-2H3,(H,14,15). The van der Waals surface area contributed by atoms with Gasteiger partial charge in [-0.2, -0.15) is 0 Å². The molecule has 1 N–H and O–H groups in total. The molecule has 86 valence electrons. The number of carboxylic acids is 1. The highest BCUT2D eigenvalue weighted by Crippen LogP contribution is 2.48. The molecule has 2 rings (SSSR count). The number of carbonyl (C=O) groups is 1. The first-order valence-corrected chi connectivity index (χ1v) is 6.35. The third-order valence-corrected chi connectivity index (χ3v) is 4.84. The molecule has 0 bridgehead atoms. The Balaban J connectivity index is 2.23. The smallest absolute Gasteiger partial charge is 0.320 e. The highest BCUT2D eigenvalue weighted by atomic mass is 32.2. The van der Waals surface area contributed by atoms with Gasteiger partial charge >= 0.3 is 5.97 Å². The molecule has 1 saturated carbocycles. The number of thioether (sulfide) groups is 1. The van der Waals surface area contributed by atoms with Crippen LogP contribution >= 0.6 is 11.8 Å². The molecule has 0 atom stereocenters. The van der Waals surface area contributed by atoms with Crippen LogP contribution in [-0.2, 0) is 4.79 Å². The first-order chi connectivity index (χ1) is 7.53. The normalized spacial score (nSPS) is 17.9. The molecule has 0 unspecified atom stereocenters. The number of hydrogen-bond donors (Lipinski definition) is 1. The Morgan fingerprint density at radius 1 is 1.38 bits per heavy atom. The van der Waals surface area contributed by atoms with Gasteiger partial charge in [0.1, 0.15) is 4.75 Å². The molecule has 1 aromatic carbocycles. The number of carboxylic acid groups (broad SMARTS) is 1. The Morgan fingerprint density at radius 2 is 2.06 bits per heavy atom. The molecule has 1 aliphatic rings. The van der Waals surface area contributed by atoms with Gasteiger partial charge < -0.3 is 5.11 Å². The van der Waals surface area contributed by atoms with E-state index in [-0.39, 0.29) is 0 Å². The van der Waals surface area contributed by atoms with Gasteiger partial charge in [0, 0.05) is 4.90 Å². The molecule has 0 radical (unpaired) electrons. The minimum Gasteiger partial charge on any atom is -0.480 e. The lowest BCUT2D eigenvalue weighted by Gasteiger charge is -2.37. The summed E-state index contributed by atoms with van der Waals surface area (Å²) in [4.78, 5) is 12.4. The van der Waals surface area contributed by atoms with E-state index < -0.39 is 10.7 Å². The summed E-state index contributed by atoms with van der Waals surface area (Å²) in [6.45, 7) is 4.10. The molecule has 16 heavy (non-hydrogen) atoms. The zero-order valence-electron chi connectivity index (χ0n) is 9.62. The van der Waals surface area contributed by atoms with Crippen molar-refractivity contribution in [2.75, 3.05) is 0 Å². The lowest BCUT2D eigenvalue weighted by molar-refractivity contribution is -0.142. The Hall–Kier alpha value is -0.960. The Labute approximate surface area is 100 Å². The fourth-order valence-corrected chi connectivity index (χ4v) is 3.34. The van der Waals surface area contributed by atoms with Gasteiger partial charge in [0.2, 0.25) is 0 Å². The monoisotopic (exact) mass is 236 g/mol. The molecule has 1 fully saturated rings. The topological polar surface area (TPSA) is 37.3 Å². The summed E-state index contributed by atoms with van der Waals surface area (Å²) in [5, 5.41) is 9.27. The highest BCUT2D eigenvalue weighted by Gasteiger charge is 2.45.